The van der Waals surface area contributed by atoms with E-state index in [0.29, 0.717) is 25.2 Å². The number of hydrogen-bond acceptors (Lipinski definition) is 4. The molecule has 7 heteroatoms. The average Bonchev–Trinajstić information content (AvgIpc) is 3.49. The van der Waals surface area contributed by atoms with Gasteiger partial charge in [-0.05, 0) is 66.3 Å². The zero-order chi connectivity index (χ0) is 21.1. The molecule has 2 aromatic rings. The molecule has 1 saturated carbocycles. The van der Waals surface area contributed by atoms with Crippen molar-refractivity contribution in [1.82, 2.24) is 5.32 Å². The quantitative estimate of drug-likeness (QED) is 0.716. The minimum atomic E-state index is -0.684. The predicted molar refractivity (Wildman–Crippen MR) is 119 cm³/mol. The molecule has 0 unspecified atom stereocenters. The molecule has 4 rings (SSSR count). The first-order chi connectivity index (χ1) is 14.5. The summed E-state index contributed by atoms with van der Waals surface area (Å²) in [5, 5.41) is 9.74. The zero-order valence-corrected chi connectivity index (χ0v) is 18.0. The van der Waals surface area contributed by atoms with Crippen molar-refractivity contribution < 1.29 is 14.4 Å². The van der Waals surface area contributed by atoms with Gasteiger partial charge in [-0.15, -0.1) is 0 Å². The Bertz CT molecular complexity index is 949. The van der Waals surface area contributed by atoms with Crippen molar-refractivity contribution in [3.8, 4) is 0 Å². The van der Waals surface area contributed by atoms with E-state index in [2.05, 4.69) is 27.5 Å². The SMILES string of the molecule is Cc1ccc(NC(=O)C(=O)NCC2(c3ccsc3)CCCC2)cc1N1CCCC1=O. The molecule has 0 radical (unpaired) electrons. The fourth-order valence-corrected chi connectivity index (χ4v) is 5.36. The average molecular weight is 426 g/mol. The highest BCUT2D eigenvalue weighted by atomic mass is 32.1. The maximum Gasteiger partial charge on any atom is 0.313 e. The van der Waals surface area contributed by atoms with Gasteiger partial charge in [0, 0.05) is 36.3 Å². The summed E-state index contributed by atoms with van der Waals surface area (Å²) < 4.78 is 0. The van der Waals surface area contributed by atoms with Crippen LogP contribution in [0, 0.1) is 6.92 Å². The Morgan fingerprint density at radius 3 is 2.60 bits per heavy atom. The Balaban J connectivity index is 1.40. The highest BCUT2D eigenvalue weighted by Gasteiger charge is 2.36. The maximum atomic E-state index is 12.5. The van der Waals surface area contributed by atoms with Gasteiger partial charge in [-0.1, -0.05) is 18.9 Å². The van der Waals surface area contributed by atoms with Gasteiger partial charge in [-0.25, -0.2) is 0 Å². The topological polar surface area (TPSA) is 78.5 Å². The largest absolute Gasteiger partial charge is 0.347 e. The highest BCUT2D eigenvalue weighted by Crippen LogP contribution is 2.41. The standard InChI is InChI=1S/C23H27N3O3S/c1-16-6-7-18(13-19(16)26-11-4-5-20(26)27)25-22(29)21(28)24-15-23(9-2-3-10-23)17-8-12-30-14-17/h6-8,12-14H,2-5,9-11,15H2,1H3,(H,24,28)(H,25,29). The third kappa shape index (κ3) is 4.12. The molecular formula is C23H27N3O3S. The second kappa shape index (κ2) is 8.60. The van der Waals surface area contributed by atoms with Crippen LogP contribution < -0.4 is 15.5 Å². The summed E-state index contributed by atoms with van der Waals surface area (Å²) in [6.07, 6.45) is 5.71. The molecule has 2 aliphatic rings. The molecule has 1 aromatic carbocycles. The van der Waals surface area contributed by atoms with Crippen LogP contribution in [0.4, 0.5) is 11.4 Å². The lowest BCUT2D eigenvalue weighted by Crippen LogP contribution is -2.43. The second-order valence-corrected chi connectivity index (χ2v) is 9.07. The number of nitrogens with one attached hydrogen (secondary N) is 2. The highest BCUT2D eigenvalue weighted by molar-refractivity contribution is 7.08. The molecule has 0 atom stereocenters. The number of benzene rings is 1. The molecular weight excluding hydrogens is 398 g/mol. The van der Waals surface area contributed by atoms with Crippen LogP contribution in [0.3, 0.4) is 0 Å². The zero-order valence-electron chi connectivity index (χ0n) is 17.2. The van der Waals surface area contributed by atoms with Crippen LogP contribution in [0.1, 0.15) is 49.7 Å². The summed E-state index contributed by atoms with van der Waals surface area (Å²) in [6.45, 7) is 3.09. The molecule has 3 amide bonds. The Kier molecular flexibility index (Phi) is 5.90. The molecule has 2 N–H and O–H groups in total. The van der Waals surface area contributed by atoms with Crippen molar-refractivity contribution in [3.63, 3.8) is 0 Å². The summed E-state index contributed by atoms with van der Waals surface area (Å²) in [4.78, 5) is 38.8. The fourth-order valence-electron chi connectivity index (χ4n) is 4.58. The van der Waals surface area contributed by atoms with Gasteiger partial charge >= 0.3 is 11.8 Å². The third-order valence-electron chi connectivity index (χ3n) is 6.32. The summed E-state index contributed by atoms with van der Waals surface area (Å²) in [5.41, 5.74) is 3.46. The van der Waals surface area contributed by atoms with Crippen LogP contribution in [0.5, 0.6) is 0 Å². The van der Waals surface area contributed by atoms with Crippen LogP contribution in [-0.4, -0.2) is 30.8 Å². The van der Waals surface area contributed by atoms with Crippen molar-refractivity contribution in [2.24, 2.45) is 0 Å². The molecule has 30 heavy (non-hydrogen) atoms. The van der Waals surface area contributed by atoms with Gasteiger partial charge in [0.15, 0.2) is 0 Å². The van der Waals surface area contributed by atoms with Crippen LogP contribution >= 0.6 is 11.3 Å². The number of aryl methyl sites for hydroxylation is 1. The molecule has 2 fully saturated rings. The number of carbonyl (C=O) groups is 3. The van der Waals surface area contributed by atoms with Gasteiger partial charge in [0.25, 0.3) is 0 Å². The van der Waals surface area contributed by atoms with Crippen molar-refractivity contribution >= 4 is 40.4 Å². The van der Waals surface area contributed by atoms with Crippen molar-refractivity contribution in [3.05, 3.63) is 46.2 Å². The van der Waals surface area contributed by atoms with Crippen LogP contribution in [0.2, 0.25) is 0 Å². The van der Waals surface area contributed by atoms with E-state index in [1.54, 1.807) is 28.4 Å². The number of hydrogen-bond donors (Lipinski definition) is 2. The lowest BCUT2D eigenvalue weighted by atomic mass is 9.80. The van der Waals surface area contributed by atoms with Crippen LogP contribution in [-0.2, 0) is 19.8 Å². The van der Waals surface area contributed by atoms with Crippen molar-refractivity contribution in [2.45, 2.75) is 50.9 Å². The lowest BCUT2D eigenvalue weighted by Gasteiger charge is -2.28. The van der Waals surface area contributed by atoms with Crippen LogP contribution in [0.15, 0.2) is 35.0 Å². The minimum absolute atomic E-state index is 0.0664. The number of anilines is 2. The van der Waals surface area contributed by atoms with Gasteiger partial charge in [0.2, 0.25) is 5.91 Å². The van der Waals surface area contributed by atoms with Crippen LogP contribution in [0.25, 0.3) is 0 Å². The molecule has 2 heterocycles. The molecule has 1 aliphatic heterocycles. The smallest absolute Gasteiger partial charge is 0.313 e. The van der Waals surface area contributed by atoms with E-state index in [0.717, 1.165) is 43.4 Å². The first-order valence-corrected chi connectivity index (χ1v) is 11.5. The predicted octanol–water partition coefficient (Wildman–Crippen LogP) is 3.75. The first kappa shape index (κ1) is 20.6. The van der Waals surface area contributed by atoms with E-state index in [9.17, 15) is 14.4 Å². The maximum absolute atomic E-state index is 12.5. The number of thiophene rings is 1. The Labute approximate surface area is 180 Å². The van der Waals surface area contributed by atoms with E-state index in [4.69, 9.17) is 0 Å². The van der Waals surface area contributed by atoms with E-state index in [1.807, 2.05) is 13.0 Å². The van der Waals surface area contributed by atoms with E-state index >= 15 is 0 Å². The minimum Gasteiger partial charge on any atom is -0.347 e. The molecule has 1 saturated heterocycles. The van der Waals surface area contributed by atoms with Gasteiger partial charge in [-0.2, -0.15) is 11.3 Å². The van der Waals surface area contributed by atoms with E-state index in [-0.39, 0.29) is 11.3 Å². The van der Waals surface area contributed by atoms with Crippen molar-refractivity contribution in [2.75, 3.05) is 23.3 Å². The number of amides is 3. The van der Waals surface area contributed by atoms with Gasteiger partial charge in [0.05, 0.1) is 0 Å². The molecule has 1 aromatic heterocycles. The summed E-state index contributed by atoms with van der Waals surface area (Å²) >= 11 is 1.66. The lowest BCUT2D eigenvalue weighted by molar-refractivity contribution is -0.136. The second-order valence-electron chi connectivity index (χ2n) is 8.29. The Morgan fingerprint density at radius 1 is 1.13 bits per heavy atom. The van der Waals surface area contributed by atoms with E-state index < -0.39 is 11.8 Å². The molecule has 1 aliphatic carbocycles. The van der Waals surface area contributed by atoms with E-state index in [1.165, 1.54) is 5.56 Å². The fraction of sp³-hybridized carbons (Fsp3) is 0.435. The normalized spacial score (nSPS) is 17.9. The molecule has 6 nitrogen and oxygen atoms in total. The Morgan fingerprint density at radius 2 is 1.93 bits per heavy atom. The summed E-state index contributed by atoms with van der Waals surface area (Å²) in [5.74, 6) is -1.22. The number of carbonyl (C=O) groups excluding carboxylic acids is 3. The first-order valence-electron chi connectivity index (χ1n) is 10.5. The van der Waals surface area contributed by atoms with Gasteiger partial charge in [-0.3, -0.25) is 14.4 Å². The molecule has 0 spiro atoms. The molecule has 0 bridgehead atoms. The van der Waals surface area contributed by atoms with Gasteiger partial charge in [0.1, 0.15) is 0 Å². The summed E-state index contributed by atoms with van der Waals surface area (Å²) in [6, 6.07) is 7.51. The van der Waals surface area contributed by atoms with Gasteiger partial charge < -0.3 is 15.5 Å². The van der Waals surface area contributed by atoms with Crippen molar-refractivity contribution in [1.29, 1.82) is 0 Å². The monoisotopic (exact) mass is 425 g/mol. The Hall–Kier alpha value is -2.67. The number of nitrogens with zero attached hydrogens (tertiary/aromatic N) is 1. The summed E-state index contributed by atoms with van der Waals surface area (Å²) in [7, 11) is 0. The third-order valence-corrected chi connectivity index (χ3v) is 7.00. The number of rotatable bonds is 5. The molecule has 158 valence electrons.